The van der Waals surface area contributed by atoms with Crippen LogP contribution in [0.4, 0.5) is 0 Å². The van der Waals surface area contributed by atoms with E-state index in [1.165, 1.54) is 31.8 Å². The first-order valence-corrected chi connectivity index (χ1v) is 8.18. The van der Waals surface area contributed by atoms with Crippen molar-refractivity contribution in [3.05, 3.63) is 46.1 Å². The van der Waals surface area contributed by atoms with Crippen molar-refractivity contribution >= 4 is 39.4 Å². The van der Waals surface area contributed by atoms with Crippen molar-refractivity contribution in [1.29, 1.82) is 0 Å². The van der Waals surface area contributed by atoms with Gasteiger partial charge in [0.1, 0.15) is 5.57 Å². The summed E-state index contributed by atoms with van der Waals surface area (Å²) in [7, 11) is 2.81. The van der Waals surface area contributed by atoms with Gasteiger partial charge in [-0.15, -0.1) is 5.10 Å². The third-order valence-electron chi connectivity index (χ3n) is 3.41. The van der Waals surface area contributed by atoms with E-state index in [0.29, 0.717) is 26.3 Å². The summed E-state index contributed by atoms with van der Waals surface area (Å²) in [5, 5.41) is 5.17. The summed E-state index contributed by atoms with van der Waals surface area (Å²) < 4.78 is 11.5. The first-order valence-electron chi connectivity index (χ1n) is 6.99. The van der Waals surface area contributed by atoms with Crippen molar-refractivity contribution in [3.63, 3.8) is 0 Å². The van der Waals surface area contributed by atoms with Gasteiger partial charge in [0.25, 0.3) is 0 Å². The number of esters is 1. The smallest absolute Gasteiger partial charge is 0.342 e. The van der Waals surface area contributed by atoms with Crippen LogP contribution in [0.15, 0.2) is 30.5 Å². The minimum absolute atomic E-state index is 0.336. The Morgan fingerprint density at radius 2 is 2.00 bits per heavy atom. The maximum absolute atomic E-state index is 11.9. The fourth-order valence-corrected chi connectivity index (χ4v) is 3.42. The van der Waals surface area contributed by atoms with Gasteiger partial charge in [0.2, 0.25) is 4.96 Å². The van der Waals surface area contributed by atoms with E-state index in [2.05, 4.69) is 10.1 Å². The zero-order chi connectivity index (χ0) is 17.3. The summed E-state index contributed by atoms with van der Waals surface area (Å²) in [5.41, 5.74) is 2.00. The molecule has 0 aliphatic carbocycles. The van der Waals surface area contributed by atoms with Crippen LogP contribution >= 0.6 is 22.9 Å². The van der Waals surface area contributed by atoms with Gasteiger partial charge in [-0.25, -0.2) is 9.31 Å². The van der Waals surface area contributed by atoms with Crippen molar-refractivity contribution < 1.29 is 14.3 Å². The second kappa shape index (κ2) is 6.62. The molecule has 2 aromatic heterocycles. The fourth-order valence-electron chi connectivity index (χ4n) is 2.24. The van der Waals surface area contributed by atoms with E-state index in [9.17, 15) is 4.79 Å². The number of hydrogen-bond acceptors (Lipinski definition) is 6. The number of benzene rings is 1. The summed E-state index contributed by atoms with van der Waals surface area (Å²) in [6, 6.07) is 7.31. The molecule has 0 amide bonds. The molecular weight excluding hydrogens is 350 g/mol. The summed E-state index contributed by atoms with van der Waals surface area (Å²) in [6.45, 7) is 1.87. The molecule has 0 aliphatic rings. The van der Waals surface area contributed by atoms with Crippen LogP contribution in [0.1, 0.15) is 10.6 Å². The molecule has 0 atom stereocenters. The molecule has 0 N–H and O–H groups in total. The van der Waals surface area contributed by atoms with E-state index in [1.54, 1.807) is 16.6 Å². The van der Waals surface area contributed by atoms with Gasteiger partial charge < -0.3 is 9.47 Å². The minimum atomic E-state index is -0.470. The first-order chi connectivity index (χ1) is 11.5. The average Bonchev–Trinajstić information content (AvgIpc) is 3.12. The third-order valence-corrected chi connectivity index (χ3v) is 4.82. The molecule has 0 spiro atoms. The number of nitrogens with zero attached hydrogens (tertiary/aromatic N) is 3. The molecule has 24 heavy (non-hydrogen) atoms. The van der Waals surface area contributed by atoms with Crippen LogP contribution in [0.3, 0.4) is 0 Å². The van der Waals surface area contributed by atoms with E-state index in [1.807, 2.05) is 19.1 Å². The zero-order valence-corrected chi connectivity index (χ0v) is 14.8. The van der Waals surface area contributed by atoms with E-state index >= 15 is 0 Å². The zero-order valence-electron chi connectivity index (χ0n) is 13.2. The molecule has 2 heterocycles. The Hall–Kier alpha value is -2.38. The van der Waals surface area contributed by atoms with Gasteiger partial charge in [-0.3, -0.25) is 0 Å². The summed E-state index contributed by atoms with van der Waals surface area (Å²) in [6.07, 6.45) is 1.37. The quantitative estimate of drug-likeness (QED) is 0.402. The van der Waals surface area contributed by atoms with Crippen LogP contribution in [-0.4, -0.2) is 34.8 Å². The average molecular weight is 364 g/mol. The molecule has 6 nitrogen and oxygen atoms in total. The van der Waals surface area contributed by atoms with Crippen LogP contribution in [-0.2, 0) is 14.3 Å². The molecule has 0 saturated heterocycles. The van der Waals surface area contributed by atoms with Crippen molar-refractivity contribution in [3.8, 4) is 11.4 Å². The Balaban J connectivity index is 2.07. The Labute approximate surface area is 147 Å². The molecule has 124 valence electrons. The molecule has 0 unspecified atom stereocenters. The lowest BCUT2D eigenvalue weighted by molar-refractivity contribution is -0.133. The normalized spacial score (nSPS) is 11.8. The summed E-state index contributed by atoms with van der Waals surface area (Å²) in [5.74, 6) is 0.130. The Kier molecular flexibility index (Phi) is 4.55. The molecule has 0 saturated carbocycles. The lowest BCUT2D eigenvalue weighted by atomic mass is 10.2. The number of hydrogen-bond donors (Lipinski definition) is 0. The van der Waals surface area contributed by atoms with Gasteiger partial charge in [0.15, 0.2) is 5.82 Å². The number of ether oxygens (including phenoxy) is 2. The maximum Gasteiger partial charge on any atom is 0.342 e. The van der Waals surface area contributed by atoms with Gasteiger partial charge in [-0.2, -0.15) is 4.98 Å². The third kappa shape index (κ3) is 2.88. The molecule has 3 rings (SSSR count). The molecule has 0 bridgehead atoms. The molecule has 3 aromatic rings. The van der Waals surface area contributed by atoms with E-state index < -0.39 is 5.97 Å². The van der Waals surface area contributed by atoms with Crippen LogP contribution < -0.4 is 0 Å². The Morgan fingerprint density at radius 1 is 1.29 bits per heavy atom. The summed E-state index contributed by atoms with van der Waals surface area (Å²) >= 11 is 7.25. The number of carbonyl (C=O) groups is 1. The van der Waals surface area contributed by atoms with E-state index in [0.717, 1.165) is 11.3 Å². The van der Waals surface area contributed by atoms with Crippen LogP contribution in [0, 0.1) is 6.92 Å². The molecule has 0 aliphatic heterocycles. The van der Waals surface area contributed by atoms with E-state index in [4.69, 9.17) is 21.1 Å². The number of aromatic nitrogens is 3. The number of methoxy groups -OCH3 is 2. The van der Waals surface area contributed by atoms with Gasteiger partial charge in [-0.1, -0.05) is 22.9 Å². The van der Waals surface area contributed by atoms with Gasteiger partial charge >= 0.3 is 5.97 Å². The molecule has 0 fully saturated rings. The highest BCUT2D eigenvalue weighted by Crippen LogP contribution is 2.31. The van der Waals surface area contributed by atoms with Crippen molar-refractivity contribution in [2.45, 2.75) is 6.92 Å². The standard InChI is InChI=1S/C16H14ClN3O3S/c1-9-13(12(8-22-2)15(21)23-3)24-16-18-14(19-20(9)16)10-4-6-11(17)7-5-10/h4-8H,1-3H3. The van der Waals surface area contributed by atoms with Gasteiger partial charge in [-0.05, 0) is 31.2 Å². The first kappa shape index (κ1) is 16.5. The number of thiazole rings is 1. The predicted molar refractivity (Wildman–Crippen MR) is 93.0 cm³/mol. The van der Waals surface area contributed by atoms with Crippen molar-refractivity contribution in [2.75, 3.05) is 14.2 Å². The van der Waals surface area contributed by atoms with Crippen molar-refractivity contribution in [1.82, 2.24) is 14.6 Å². The monoisotopic (exact) mass is 363 g/mol. The van der Waals surface area contributed by atoms with Crippen molar-refractivity contribution in [2.24, 2.45) is 0 Å². The lowest BCUT2D eigenvalue weighted by Gasteiger charge is -2.03. The molecular formula is C16H14ClN3O3S. The van der Waals surface area contributed by atoms with Crippen LogP contribution in [0.5, 0.6) is 0 Å². The largest absolute Gasteiger partial charge is 0.503 e. The SMILES string of the molecule is COC=C(C(=O)OC)c1sc2nc(-c3ccc(Cl)cc3)nn2c1C. The number of fused-ring (bicyclic) bond motifs is 1. The molecule has 0 radical (unpaired) electrons. The minimum Gasteiger partial charge on any atom is -0.503 e. The highest BCUT2D eigenvalue weighted by Gasteiger charge is 2.22. The second-order valence-electron chi connectivity index (χ2n) is 4.91. The second-order valence-corrected chi connectivity index (χ2v) is 6.33. The van der Waals surface area contributed by atoms with Gasteiger partial charge in [0.05, 0.1) is 31.1 Å². The van der Waals surface area contributed by atoms with Crippen LogP contribution in [0.2, 0.25) is 5.02 Å². The Morgan fingerprint density at radius 3 is 2.58 bits per heavy atom. The lowest BCUT2D eigenvalue weighted by Crippen LogP contribution is -2.05. The molecule has 1 aromatic carbocycles. The highest BCUT2D eigenvalue weighted by atomic mass is 35.5. The topological polar surface area (TPSA) is 65.7 Å². The number of aryl methyl sites for hydroxylation is 1. The summed E-state index contributed by atoms with van der Waals surface area (Å²) in [4.78, 5) is 17.9. The van der Waals surface area contributed by atoms with E-state index in [-0.39, 0.29) is 0 Å². The van der Waals surface area contributed by atoms with Crippen LogP contribution in [0.25, 0.3) is 21.9 Å². The number of carbonyl (C=O) groups excluding carboxylic acids is 1. The fraction of sp³-hybridized carbons (Fsp3) is 0.188. The number of rotatable bonds is 4. The number of halogens is 1. The molecule has 8 heteroatoms. The highest BCUT2D eigenvalue weighted by molar-refractivity contribution is 7.18. The predicted octanol–water partition coefficient (Wildman–Crippen LogP) is 3.58. The van der Waals surface area contributed by atoms with Gasteiger partial charge in [0, 0.05) is 10.6 Å². The maximum atomic E-state index is 11.9. The Bertz CT molecular complexity index is 928.